The van der Waals surface area contributed by atoms with Crippen LogP contribution >= 0.6 is 11.8 Å². The smallest absolute Gasteiger partial charge is 0.195 e. The maximum Gasteiger partial charge on any atom is 0.195 e. The fourth-order valence-corrected chi connectivity index (χ4v) is 4.40. The third-order valence-corrected chi connectivity index (χ3v) is 5.99. The fraction of sp³-hybridized carbons (Fsp3) is 0.571. The Kier molecular flexibility index (Phi) is 8.24. The maximum absolute atomic E-state index is 5.36. The Bertz CT molecular complexity index is 848. The van der Waals surface area contributed by atoms with Crippen LogP contribution in [-0.4, -0.2) is 54.8 Å². The van der Waals surface area contributed by atoms with Crippen molar-refractivity contribution in [2.45, 2.75) is 49.7 Å². The van der Waals surface area contributed by atoms with Gasteiger partial charge >= 0.3 is 0 Å². The van der Waals surface area contributed by atoms with Gasteiger partial charge in [0.1, 0.15) is 5.82 Å². The molecule has 30 heavy (non-hydrogen) atoms. The van der Waals surface area contributed by atoms with E-state index in [2.05, 4.69) is 36.6 Å². The van der Waals surface area contributed by atoms with Gasteiger partial charge < -0.3 is 24.7 Å². The van der Waals surface area contributed by atoms with Crippen molar-refractivity contribution < 1.29 is 9.47 Å². The van der Waals surface area contributed by atoms with Gasteiger partial charge in [-0.15, -0.1) is 10.2 Å². The summed E-state index contributed by atoms with van der Waals surface area (Å²) in [6, 6.07) is 6.25. The number of benzene rings is 1. The number of hydrogen-bond donors (Lipinski definition) is 2. The molecule has 2 N–H and O–H groups in total. The second kappa shape index (κ2) is 11.1. The van der Waals surface area contributed by atoms with Crippen molar-refractivity contribution in [3.05, 3.63) is 24.0 Å². The Labute approximate surface area is 182 Å². The van der Waals surface area contributed by atoms with Crippen LogP contribution < -0.4 is 20.1 Å². The van der Waals surface area contributed by atoms with Crippen LogP contribution in [0.2, 0.25) is 0 Å². The van der Waals surface area contributed by atoms with Crippen molar-refractivity contribution >= 4 is 23.4 Å². The molecular formula is C21H32N6O2S. The van der Waals surface area contributed by atoms with Gasteiger partial charge in [0.05, 0.1) is 14.2 Å². The summed E-state index contributed by atoms with van der Waals surface area (Å²) >= 11 is 1.68. The summed E-state index contributed by atoms with van der Waals surface area (Å²) in [7, 11) is 5.01. The zero-order valence-corrected chi connectivity index (χ0v) is 19.1. The number of ether oxygens (including phenoxy) is 2. The van der Waals surface area contributed by atoms with E-state index in [4.69, 9.17) is 9.47 Å². The number of guanidine groups is 1. The molecular weight excluding hydrogens is 400 g/mol. The lowest BCUT2D eigenvalue weighted by Gasteiger charge is -2.16. The van der Waals surface area contributed by atoms with Crippen LogP contribution in [0.5, 0.6) is 11.5 Å². The first-order valence-corrected chi connectivity index (χ1v) is 11.6. The quantitative estimate of drug-likeness (QED) is 0.270. The Morgan fingerprint density at radius 3 is 2.63 bits per heavy atom. The number of hydrogen-bond acceptors (Lipinski definition) is 6. The third kappa shape index (κ3) is 5.38. The summed E-state index contributed by atoms with van der Waals surface area (Å²) in [6.45, 7) is 0.791. The minimum Gasteiger partial charge on any atom is -0.493 e. The van der Waals surface area contributed by atoms with E-state index in [0.29, 0.717) is 23.5 Å². The first-order valence-electron chi connectivity index (χ1n) is 10.4. The molecule has 1 saturated carbocycles. The highest BCUT2D eigenvalue weighted by atomic mass is 32.2. The Balaban J connectivity index is 1.53. The van der Waals surface area contributed by atoms with Gasteiger partial charge in [-0.3, -0.25) is 4.99 Å². The largest absolute Gasteiger partial charge is 0.493 e. The molecule has 0 spiro atoms. The molecule has 0 bridgehead atoms. The number of nitrogens with one attached hydrogen (secondary N) is 2. The number of thioether (sulfide) groups is 1. The van der Waals surface area contributed by atoms with Gasteiger partial charge in [0.2, 0.25) is 0 Å². The van der Waals surface area contributed by atoms with Crippen molar-refractivity contribution in [3.8, 4) is 11.5 Å². The monoisotopic (exact) mass is 432 g/mol. The summed E-state index contributed by atoms with van der Waals surface area (Å²) in [5.41, 5.74) is 0.881. The van der Waals surface area contributed by atoms with Gasteiger partial charge in [-0.25, -0.2) is 0 Å². The molecule has 0 saturated heterocycles. The molecule has 0 unspecified atom stereocenters. The lowest BCUT2D eigenvalue weighted by Crippen LogP contribution is -2.31. The van der Waals surface area contributed by atoms with Gasteiger partial charge in [0.15, 0.2) is 22.6 Å². The van der Waals surface area contributed by atoms with Crippen molar-refractivity contribution in [1.82, 2.24) is 20.1 Å². The number of anilines is 1. The lowest BCUT2D eigenvalue weighted by molar-refractivity contribution is 0.355. The molecule has 0 aliphatic heterocycles. The van der Waals surface area contributed by atoms with Gasteiger partial charge in [-0.1, -0.05) is 24.6 Å². The van der Waals surface area contributed by atoms with Crippen LogP contribution in [0, 0.1) is 0 Å². The van der Waals surface area contributed by atoms with E-state index in [1.807, 2.05) is 18.2 Å². The van der Waals surface area contributed by atoms with Crippen molar-refractivity contribution in [1.29, 1.82) is 0 Å². The number of aliphatic imine (C=N–C) groups is 1. The fourth-order valence-electron chi connectivity index (χ4n) is 3.83. The number of aromatic nitrogens is 3. The highest BCUT2D eigenvalue weighted by Crippen LogP contribution is 2.33. The minimum atomic E-state index is 0.560. The van der Waals surface area contributed by atoms with Crippen LogP contribution in [-0.2, 0) is 6.42 Å². The molecule has 9 heteroatoms. The SMILES string of the molecule is CN=C(NCCCc1nnc(SC)n1C1CCCC1)Nc1ccc(OC)c(OC)c1. The summed E-state index contributed by atoms with van der Waals surface area (Å²) in [5.74, 6) is 3.18. The van der Waals surface area contributed by atoms with E-state index in [-0.39, 0.29) is 0 Å². The van der Waals surface area contributed by atoms with Crippen LogP contribution in [0.1, 0.15) is 44.0 Å². The Morgan fingerprint density at radius 2 is 1.97 bits per heavy atom. The minimum absolute atomic E-state index is 0.560. The summed E-state index contributed by atoms with van der Waals surface area (Å²) < 4.78 is 13.0. The number of aryl methyl sites for hydroxylation is 1. The van der Waals surface area contributed by atoms with Crippen molar-refractivity contribution in [3.63, 3.8) is 0 Å². The van der Waals surface area contributed by atoms with Crippen LogP contribution in [0.25, 0.3) is 0 Å². The van der Waals surface area contributed by atoms with E-state index >= 15 is 0 Å². The summed E-state index contributed by atoms with van der Waals surface area (Å²) in [5, 5.41) is 16.6. The first-order chi connectivity index (χ1) is 14.7. The Hall–Kier alpha value is -2.42. The molecule has 0 radical (unpaired) electrons. The van der Waals surface area contributed by atoms with Gasteiger partial charge in [0.25, 0.3) is 0 Å². The molecule has 8 nitrogen and oxygen atoms in total. The van der Waals surface area contributed by atoms with Crippen molar-refractivity contribution in [2.75, 3.05) is 39.4 Å². The Morgan fingerprint density at radius 1 is 1.20 bits per heavy atom. The maximum atomic E-state index is 5.36. The lowest BCUT2D eigenvalue weighted by atomic mass is 10.2. The van der Waals surface area contributed by atoms with Crippen LogP contribution in [0.15, 0.2) is 28.3 Å². The molecule has 0 amide bonds. The standard InChI is InChI=1S/C21H32N6O2S/c1-22-20(24-15-11-12-17(28-2)18(14-15)29-3)23-13-7-10-19-25-26-21(30-4)27(19)16-8-5-6-9-16/h11-12,14,16H,5-10,13H2,1-4H3,(H2,22,23,24). The van der Waals surface area contributed by atoms with Gasteiger partial charge in [0, 0.05) is 37.8 Å². The predicted octanol–water partition coefficient (Wildman–Crippen LogP) is 3.75. The van der Waals surface area contributed by atoms with E-state index < -0.39 is 0 Å². The first kappa shape index (κ1) is 22.3. The average molecular weight is 433 g/mol. The van der Waals surface area contributed by atoms with Crippen molar-refractivity contribution in [2.24, 2.45) is 4.99 Å². The van der Waals surface area contributed by atoms with Crippen LogP contribution in [0.4, 0.5) is 5.69 Å². The highest BCUT2D eigenvalue weighted by Gasteiger charge is 2.23. The number of nitrogens with zero attached hydrogens (tertiary/aromatic N) is 4. The van der Waals surface area contributed by atoms with Crippen LogP contribution in [0.3, 0.4) is 0 Å². The molecule has 1 heterocycles. The third-order valence-electron chi connectivity index (χ3n) is 5.35. The molecule has 1 aliphatic carbocycles. The molecule has 3 rings (SSSR count). The second-order valence-corrected chi connectivity index (χ2v) is 7.98. The van der Waals surface area contributed by atoms with E-state index in [1.165, 1.54) is 25.7 Å². The average Bonchev–Trinajstić information content (AvgIpc) is 3.44. The summed E-state index contributed by atoms with van der Waals surface area (Å²) in [6.07, 6.45) is 8.99. The van der Waals surface area contributed by atoms with E-state index in [0.717, 1.165) is 36.1 Å². The zero-order chi connectivity index (χ0) is 21.3. The van der Waals surface area contributed by atoms with E-state index in [9.17, 15) is 0 Å². The van der Waals surface area contributed by atoms with Gasteiger partial charge in [-0.05, 0) is 37.7 Å². The highest BCUT2D eigenvalue weighted by molar-refractivity contribution is 7.98. The summed E-state index contributed by atoms with van der Waals surface area (Å²) in [4.78, 5) is 4.31. The van der Waals surface area contributed by atoms with E-state index in [1.54, 1.807) is 33.0 Å². The molecule has 1 aromatic heterocycles. The molecule has 1 fully saturated rings. The predicted molar refractivity (Wildman–Crippen MR) is 122 cm³/mol. The molecule has 2 aromatic rings. The molecule has 0 atom stereocenters. The molecule has 1 aromatic carbocycles. The number of methoxy groups -OCH3 is 2. The molecule has 164 valence electrons. The number of rotatable bonds is 9. The topological polar surface area (TPSA) is 85.6 Å². The zero-order valence-electron chi connectivity index (χ0n) is 18.3. The normalized spacial score (nSPS) is 14.7. The molecule has 1 aliphatic rings. The van der Waals surface area contributed by atoms with Gasteiger partial charge in [-0.2, -0.15) is 0 Å². The second-order valence-electron chi connectivity index (χ2n) is 7.21.